The molecular formula is C23H16FNO3. The summed E-state index contributed by atoms with van der Waals surface area (Å²) < 4.78 is 23.5. The van der Waals surface area contributed by atoms with E-state index in [1.807, 2.05) is 18.2 Å². The van der Waals surface area contributed by atoms with Crippen molar-refractivity contribution in [2.45, 2.75) is 0 Å². The fourth-order valence-electron chi connectivity index (χ4n) is 2.59. The lowest BCUT2D eigenvalue weighted by Gasteiger charge is -2.07. The molecule has 0 aliphatic heterocycles. The molecule has 0 saturated carbocycles. The van der Waals surface area contributed by atoms with Crippen LogP contribution in [-0.2, 0) is 0 Å². The number of allylic oxidation sites excluding steroid dienone is 1. The molecule has 0 amide bonds. The number of benzene rings is 3. The van der Waals surface area contributed by atoms with Gasteiger partial charge in [0.15, 0.2) is 0 Å². The van der Waals surface area contributed by atoms with Gasteiger partial charge in [-0.05, 0) is 60.2 Å². The summed E-state index contributed by atoms with van der Waals surface area (Å²) in [7, 11) is 1.55. The molecule has 0 N–H and O–H groups in total. The van der Waals surface area contributed by atoms with Crippen molar-refractivity contribution in [3.63, 3.8) is 0 Å². The van der Waals surface area contributed by atoms with Gasteiger partial charge in [-0.25, -0.2) is 9.18 Å². The van der Waals surface area contributed by atoms with Gasteiger partial charge in [0.1, 0.15) is 17.3 Å². The third-order valence-electron chi connectivity index (χ3n) is 4.00. The van der Waals surface area contributed by atoms with E-state index in [0.29, 0.717) is 22.6 Å². The van der Waals surface area contributed by atoms with Crippen molar-refractivity contribution in [3.8, 4) is 17.6 Å². The topological polar surface area (TPSA) is 59.3 Å². The van der Waals surface area contributed by atoms with Gasteiger partial charge in [-0.3, -0.25) is 0 Å². The molecule has 0 saturated heterocycles. The number of nitrogens with zero attached hydrogens (tertiary/aromatic N) is 1. The maximum Gasteiger partial charge on any atom is 0.343 e. The van der Waals surface area contributed by atoms with E-state index in [4.69, 9.17) is 9.47 Å². The van der Waals surface area contributed by atoms with Crippen LogP contribution in [0.15, 0.2) is 72.8 Å². The molecule has 0 bridgehead atoms. The molecule has 0 aromatic heterocycles. The molecular weight excluding hydrogens is 357 g/mol. The lowest BCUT2D eigenvalue weighted by atomic mass is 10.0. The molecule has 138 valence electrons. The standard InChI is InChI=1S/C23H16FNO3/c1-27-22-5-3-2-4-21(22)18(15-25)14-16-6-12-20(13-7-16)28-23(26)17-8-10-19(24)11-9-17/h2-14H,1H3/b18-14-. The molecule has 3 aromatic rings. The predicted octanol–water partition coefficient (Wildman–Crippen LogP) is 5.12. The Hall–Kier alpha value is -3.91. The Morgan fingerprint density at radius 3 is 2.32 bits per heavy atom. The molecule has 4 nitrogen and oxygen atoms in total. The molecule has 0 aliphatic rings. The summed E-state index contributed by atoms with van der Waals surface area (Å²) >= 11 is 0. The molecule has 0 aliphatic carbocycles. The molecule has 0 unspecified atom stereocenters. The predicted molar refractivity (Wildman–Crippen MR) is 104 cm³/mol. The van der Waals surface area contributed by atoms with Crippen LogP contribution in [0.25, 0.3) is 11.6 Å². The maximum atomic E-state index is 12.9. The van der Waals surface area contributed by atoms with Crippen LogP contribution in [0.2, 0.25) is 0 Å². The Labute approximate surface area is 162 Å². The van der Waals surface area contributed by atoms with Crippen molar-refractivity contribution in [1.82, 2.24) is 0 Å². The van der Waals surface area contributed by atoms with Crippen LogP contribution >= 0.6 is 0 Å². The zero-order chi connectivity index (χ0) is 19.9. The molecule has 5 heteroatoms. The number of para-hydroxylation sites is 1. The summed E-state index contributed by atoms with van der Waals surface area (Å²) in [6, 6.07) is 21.3. The van der Waals surface area contributed by atoms with E-state index >= 15 is 0 Å². The van der Waals surface area contributed by atoms with Crippen molar-refractivity contribution >= 4 is 17.6 Å². The summed E-state index contributed by atoms with van der Waals surface area (Å²) in [5.41, 5.74) is 2.17. The van der Waals surface area contributed by atoms with Crippen molar-refractivity contribution < 1.29 is 18.7 Å². The first kappa shape index (κ1) is 18.9. The highest BCUT2D eigenvalue weighted by atomic mass is 19.1. The Kier molecular flexibility index (Phi) is 5.83. The summed E-state index contributed by atoms with van der Waals surface area (Å²) in [5, 5.41) is 9.51. The van der Waals surface area contributed by atoms with Crippen LogP contribution in [0.3, 0.4) is 0 Å². The van der Waals surface area contributed by atoms with Gasteiger partial charge >= 0.3 is 5.97 Å². The Morgan fingerprint density at radius 2 is 1.68 bits per heavy atom. The van der Waals surface area contributed by atoms with Crippen LogP contribution in [-0.4, -0.2) is 13.1 Å². The average Bonchev–Trinajstić information content (AvgIpc) is 2.73. The van der Waals surface area contributed by atoms with Crippen LogP contribution in [0.5, 0.6) is 11.5 Å². The molecule has 0 fully saturated rings. The van der Waals surface area contributed by atoms with Crippen molar-refractivity contribution in [2.75, 3.05) is 7.11 Å². The van der Waals surface area contributed by atoms with Crippen molar-refractivity contribution in [2.24, 2.45) is 0 Å². The summed E-state index contributed by atoms with van der Waals surface area (Å²) in [4.78, 5) is 12.1. The van der Waals surface area contributed by atoms with Crippen molar-refractivity contribution in [3.05, 3.63) is 95.3 Å². The quantitative estimate of drug-likeness (QED) is 0.270. The second-order valence-electron chi connectivity index (χ2n) is 5.84. The smallest absolute Gasteiger partial charge is 0.343 e. The van der Waals surface area contributed by atoms with E-state index in [1.54, 1.807) is 43.5 Å². The number of hydrogen-bond acceptors (Lipinski definition) is 4. The summed E-state index contributed by atoms with van der Waals surface area (Å²) in [6.07, 6.45) is 1.73. The number of rotatable bonds is 5. The molecule has 28 heavy (non-hydrogen) atoms. The number of halogens is 1. The van der Waals surface area contributed by atoms with E-state index in [9.17, 15) is 14.4 Å². The summed E-state index contributed by atoms with van der Waals surface area (Å²) in [5.74, 6) is -0.0338. The Morgan fingerprint density at radius 1 is 1.00 bits per heavy atom. The highest BCUT2D eigenvalue weighted by Gasteiger charge is 2.10. The van der Waals surface area contributed by atoms with Crippen LogP contribution in [0.1, 0.15) is 21.5 Å². The molecule has 0 spiro atoms. The fourth-order valence-corrected chi connectivity index (χ4v) is 2.59. The fraction of sp³-hybridized carbons (Fsp3) is 0.0435. The second kappa shape index (κ2) is 8.65. The minimum atomic E-state index is -0.574. The Balaban J connectivity index is 1.78. The number of ether oxygens (including phenoxy) is 2. The van der Waals surface area contributed by atoms with Crippen LogP contribution in [0, 0.1) is 17.1 Å². The second-order valence-corrected chi connectivity index (χ2v) is 5.84. The van der Waals surface area contributed by atoms with Gasteiger partial charge in [0.2, 0.25) is 0 Å². The van der Waals surface area contributed by atoms with Gasteiger partial charge in [-0.2, -0.15) is 5.26 Å². The number of methoxy groups -OCH3 is 1. The van der Waals surface area contributed by atoms with Gasteiger partial charge in [-0.1, -0.05) is 24.3 Å². The molecule has 3 aromatic carbocycles. The lowest BCUT2D eigenvalue weighted by molar-refractivity contribution is 0.0734. The van der Waals surface area contributed by atoms with Gasteiger partial charge in [0.05, 0.1) is 24.3 Å². The van der Waals surface area contributed by atoms with Crippen LogP contribution < -0.4 is 9.47 Å². The Bertz CT molecular complexity index is 1050. The third-order valence-corrected chi connectivity index (χ3v) is 4.00. The number of carbonyl (C=O) groups is 1. The summed E-state index contributed by atoms with van der Waals surface area (Å²) in [6.45, 7) is 0. The molecule has 3 rings (SSSR count). The normalized spacial score (nSPS) is 10.8. The molecule has 0 heterocycles. The SMILES string of the molecule is COc1ccccc1/C(C#N)=C\c1ccc(OC(=O)c2ccc(F)cc2)cc1. The largest absolute Gasteiger partial charge is 0.496 e. The number of esters is 1. The number of nitriles is 1. The van der Waals surface area contributed by atoms with E-state index in [1.165, 1.54) is 24.3 Å². The zero-order valence-corrected chi connectivity index (χ0v) is 15.1. The van der Waals surface area contributed by atoms with Crippen LogP contribution in [0.4, 0.5) is 4.39 Å². The molecule has 0 radical (unpaired) electrons. The van der Waals surface area contributed by atoms with Crippen molar-refractivity contribution in [1.29, 1.82) is 5.26 Å². The molecule has 0 atom stereocenters. The van der Waals surface area contributed by atoms with Gasteiger partial charge in [-0.15, -0.1) is 0 Å². The van der Waals surface area contributed by atoms with Gasteiger partial charge < -0.3 is 9.47 Å². The first-order chi connectivity index (χ1) is 13.6. The third kappa shape index (κ3) is 4.43. The first-order valence-corrected chi connectivity index (χ1v) is 8.43. The lowest BCUT2D eigenvalue weighted by Crippen LogP contribution is -2.08. The number of hydrogen-bond donors (Lipinski definition) is 0. The van der Waals surface area contributed by atoms with Gasteiger partial charge in [0, 0.05) is 5.56 Å². The minimum Gasteiger partial charge on any atom is -0.496 e. The maximum absolute atomic E-state index is 12.9. The van der Waals surface area contributed by atoms with E-state index in [2.05, 4.69) is 6.07 Å². The van der Waals surface area contributed by atoms with E-state index < -0.39 is 11.8 Å². The highest BCUT2D eigenvalue weighted by molar-refractivity contribution is 5.92. The minimum absolute atomic E-state index is 0.258. The number of carbonyl (C=O) groups excluding carboxylic acids is 1. The zero-order valence-electron chi connectivity index (χ0n) is 15.1. The van der Waals surface area contributed by atoms with E-state index in [-0.39, 0.29) is 5.56 Å². The first-order valence-electron chi connectivity index (χ1n) is 8.43. The average molecular weight is 373 g/mol. The van der Waals surface area contributed by atoms with E-state index in [0.717, 1.165) is 5.56 Å². The highest BCUT2D eigenvalue weighted by Crippen LogP contribution is 2.27. The van der Waals surface area contributed by atoms with Gasteiger partial charge in [0.25, 0.3) is 0 Å². The monoisotopic (exact) mass is 373 g/mol.